The Morgan fingerprint density at radius 2 is 1.55 bits per heavy atom. The number of hydrogen-bond donors (Lipinski definition) is 0. The number of hydrogen-bond acceptors (Lipinski definition) is 4. The molecule has 0 spiro atoms. The SMILES string of the molecule is c1ccc(-c2nnc3c(ccc4ncccc43)n2)cc1. The van der Waals surface area contributed by atoms with Gasteiger partial charge < -0.3 is 0 Å². The van der Waals surface area contributed by atoms with Gasteiger partial charge in [-0.25, -0.2) is 4.98 Å². The van der Waals surface area contributed by atoms with E-state index in [4.69, 9.17) is 0 Å². The van der Waals surface area contributed by atoms with Crippen molar-refractivity contribution in [1.82, 2.24) is 20.2 Å². The van der Waals surface area contributed by atoms with Gasteiger partial charge in [0.15, 0.2) is 5.82 Å². The molecule has 2 heterocycles. The molecular weight excluding hydrogens is 248 g/mol. The summed E-state index contributed by atoms with van der Waals surface area (Å²) in [6, 6.07) is 17.6. The van der Waals surface area contributed by atoms with Gasteiger partial charge in [-0.05, 0) is 24.3 Å². The molecule has 2 aromatic carbocycles. The van der Waals surface area contributed by atoms with Crippen molar-refractivity contribution in [3.05, 3.63) is 60.8 Å². The van der Waals surface area contributed by atoms with E-state index >= 15 is 0 Å². The molecule has 2 aromatic heterocycles. The van der Waals surface area contributed by atoms with Gasteiger partial charge in [0.25, 0.3) is 0 Å². The normalized spacial score (nSPS) is 11.0. The third kappa shape index (κ3) is 1.70. The van der Waals surface area contributed by atoms with Crippen molar-refractivity contribution in [3.63, 3.8) is 0 Å². The van der Waals surface area contributed by atoms with Crippen molar-refractivity contribution < 1.29 is 0 Å². The highest BCUT2D eigenvalue weighted by Crippen LogP contribution is 2.22. The molecular formula is C16H10N4. The lowest BCUT2D eigenvalue weighted by Gasteiger charge is -2.03. The first-order chi connectivity index (χ1) is 9.92. The van der Waals surface area contributed by atoms with E-state index in [9.17, 15) is 0 Å². The first-order valence-electron chi connectivity index (χ1n) is 6.35. The maximum absolute atomic E-state index is 4.59. The van der Waals surface area contributed by atoms with Gasteiger partial charge in [0, 0.05) is 17.1 Å². The molecule has 0 atom stereocenters. The van der Waals surface area contributed by atoms with Gasteiger partial charge in [0.2, 0.25) is 0 Å². The average molecular weight is 258 g/mol. The zero-order valence-electron chi connectivity index (χ0n) is 10.6. The first kappa shape index (κ1) is 11.0. The van der Waals surface area contributed by atoms with E-state index in [1.165, 1.54) is 0 Å². The van der Waals surface area contributed by atoms with Crippen LogP contribution in [0.1, 0.15) is 0 Å². The number of rotatable bonds is 1. The summed E-state index contributed by atoms with van der Waals surface area (Å²) in [5.74, 6) is 0.640. The summed E-state index contributed by atoms with van der Waals surface area (Å²) in [6.45, 7) is 0. The van der Waals surface area contributed by atoms with E-state index in [2.05, 4.69) is 20.2 Å². The van der Waals surface area contributed by atoms with Gasteiger partial charge in [0.1, 0.15) is 5.52 Å². The minimum atomic E-state index is 0.640. The molecule has 4 rings (SSSR count). The first-order valence-corrected chi connectivity index (χ1v) is 6.35. The predicted molar refractivity (Wildman–Crippen MR) is 78.1 cm³/mol. The summed E-state index contributed by atoms with van der Waals surface area (Å²) in [5, 5.41) is 9.55. The van der Waals surface area contributed by atoms with Crippen LogP contribution in [0.3, 0.4) is 0 Å². The van der Waals surface area contributed by atoms with Gasteiger partial charge >= 0.3 is 0 Å². The molecule has 0 aliphatic carbocycles. The smallest absolute Gasteiger partial charge is 0.182 e. The van der Waals surface area contributed by atoms with Crippen LogP contribution < -0.4 is 0 Å². The maximum atomic E-state index is 4.59. The highest BCUT2D eigenvalue weighted by atomic mass is 15.2. The Bertz CT molecular complexity index is 904. The molecule has 4 nitrogen and oxygen atoms in total. The quantitative estimate of drug-likeness (QED) is 0.492. The Balaban J connectivity index is 1.99. The van der Waals surface area contributed by atoms with Crippen LogP contribution in [-0.2, 0) is 0 Å². The van der Waals surface area contributed by atoms with Crippen LogP contribution in [0.15, 0.2) is 60.8 Å². The van der Waals surface area contributed by atoms with Crippen LogP contribution >= 0.6 is 0 Å². The van der Waals surface area contributed by atoms with E-state index in [-0.39, 0.29) is 0 Å². The van der Waals surface area contributed by atoms with Crippen LogP contribution in [0.4, 0.5) is 0 Å². The molecule has 0 aliphatic rings. The van der Waals surface area contributed by atoms with Crippen molar-refractivity contribution in [2.24, 2.45) is 0 Å². The molecule has 0 fully saturated rings. The Morgan fingerprint density at radius 3 is 2.45 bits per heavy atom. The second kappa shape index (κ2) is 4.35. The molecule has 0 amide bonds. The number of benzene rings is 2. The van der Waals surface area contributed by atoms with Crippen LogP contribution in [0.5, 0.6) is 0 Å². The zero-order chi connectivity index (χ0) is 13.4. The summed E-state index contributed by atoms with van der Waals surface area (Å²) < 4.78 is 0. The van der Waals surface area contributed by atoms with E-state index in [0.29, 0.717) is 5.82 Å². The molecule has 0 saturated carbocycles. The van der Waals surface area contributed by atoms with Crippen molar-refractivity contribution in [2.45, 2.75) is 0 Å². The Hall–Kier alpha value is -2.88. The topological polar surface area (TPSA) is 51.6 Å². The van der Waals surface area contributed by atoms with Gasteiger partial charge in [0.05, 0.1) is 11.0 Å². The van der Waals surface area contributed by atoms with E-state index in [1.807, 2.05) is 54.6 Å². The highest BCUT2D eigenvalue weighted by molar-refractivity contribution is 6.02. The lowest BCUT2D eigenvalue weighted by Crippen LogP contribution is -1.95. The lowest BCUT2D eigenvalue weighted by atomic mass is 10.1. The Morgan fingerprint density at radius 1 is 0.700 bits per heavy atom. The number of nitrogens with zero attached hydrogens (tertiary/aromatic N) is 4. The van der Waals surface area contributed by atoms with Crippen LogP contribution in [0.25, 0.3) is 33.3 Å². The van der Waals surface area contributed by atoms with Gasteiger partial charge in [-0.3, -0.25) is 4.98 Å². The molecule has 0 unspecified atom stereocenters. The number of pyridine rings is 1. The van der Waals surface area contributed by atoms with E-state index in [0.717, 1.165) is 27.5 Å². The fourth-order valence-corrected chi connectivity index (χ4v) is 2.26. The molecule has 0 N–H and O–H groups in total. The lowest BCUT2D eigenvalue weighted by molar-refractivity contribution is 1.04. The monoisotopic (exact) mass is 258 g/mol. The summed E-state index contributed by atoms with van der Waals surface area (Å²) in [6.07, 6.45) is 1.77. The molecule has 4 aromatic rings. The zero-order valence-corrected chi connectivity index (χ0v) is 10.6. The summed E-state index contributed by atoms with van der Waals surface area (Å²) in [5.41, 5.74) is 3.49. The fourth-order valence-electron chi connectivity index (χ4n) is 2.26. The van der Waals surface area contributed by atoms with Crippen LogP contribution in [0.2, 0.25) is 0 Å². The third-order valence-electron chi connectivity index (χ3n) is 3.24. The Labute approximate surface area is 115 Å². The van der Waals surface area contributed by atoms with Crippen molar-refractivity contribution >= 4 is 21.9 Å². The number of aromatic nitrogens is 4. The third-order valence-corrected chi connectivity index (χ3v) is 3.24. The molecule has 20 heavy (non-hydrogen) atoms. The summed E-state index contributed by atoms with van der Waals surface area (Å²) in [7, 11) is 0. The van der Waals surface area contributed by atoms with E-state index in [1.54, 1.807) is 6.20 Å². The molecule has 0 bridgehead atoms. The Kier molecular flexibility index (Phi) is 2.39. The van der Waals surface area contributed by atoms with Gasteiger partial charge in [-0.2, -0.15) is 0 Å². The minimum Gasteiger partial charge on any atom is -0.256 e. The van der Waals surface area contributed by atoms with Crippen molar-refractivity contribution in [3.8, 4) is 11.4 Å². The molecule has 4 heteroatoms. The fraction of sp³-hybridized carbons (Fsp3) is 0. The average Bonchev–Trinajstić information content (AvgIpc) is 2.55. The minimum absolute atomic E-state index is 0.640. The molecule has 0 radical (unpaired) electrons. The molecule has 0 aliphatic heterocycles. The second-order valence-electron chi connectivity index (χ2n) is 4.50. The second-order valence-corrected chi connectivity index (χ2v) is 4.50. The van der Waals surface area contributed by atoms with Gasteiger partial charge in [-0.1, -0.05) is 30.3 Å². The van der Waals surface area contributed by atoms with Crippen LogP contribution in [-0.4, -0.2) is 20.2 Å². The molecule has 94 valence electrons. The van der Waals surface area contributed by atoms with Crippen molar-refractivity contribution in [1.29, 1.82) is 0 Å². The van der Waals surface area contributed by atoms with Crippen molar-refractivity contribution in [2.75, 3.05) is 0 Å². The van der Waals surface area contributed by atoms with Gasteiger partial charge in [-0.15, -0.1) is 10.2 Å². The molecule has 0 saturated heterocycles. The standard InChI is InChI=1S/C16H10N4/c1-2-5-11(6-3-1)16-18-14-9-8-13-12(7-4-10-17-13)15(14)19-20-16/h1-10H. The summed E-state index contributed by atoms with van der Waals surface area (Å²) in [4.78, 5) is 8.91. The predicted octanol–water partition coefficient (Wildman–Crippen LogP) is 3.24. The number of fused-ring (bicyclic) bond motifs is 3. The van der Waals surface area contributed by atoms with E-state index < -0.39 is 0 Å². The maximum Gasteiger partial charge on any atom is 0.182 e. The van der Waals surface area contributed by atoms with Crippen LogP contribution in [0, 0.1) is 0 Å². The summed E-state index contributed by atoms with van der Waals surface area (Å²) >= 11 is 0. The largest absolute Gasteiger partial charge is 0.256 e. The highest BCUT2D eigenvalue weighted by Gasteiger charge is 2.07.